The summed E-state index contributed by atoms with van der Waals surface area (Å²) in [5, 5.41) is 0. The van der Waals surface area contributed by atoms with E-state index < -0.39 is 30.4 Å². The summed E-state index contributed by atoms with van der Waals surface area (Å²) in [6, 6.07) is 7.25. The Hall–Kier alpha value is -2.78. The van der Waals surface area contributed by atoms with E-state index in [1.807, 2.05) is 0 Å². The molecule has 2 aromatic rings. The second kappa shape index (κ2) is 7.22. The van der Waals surface area contributed by atoms with Gasteiger partial charge in [-0.25, -0.2) is 0 Å². The fraction of sp³-hybridized carbons (Fsp3) is 0.188. The summed E-state index contributed by atoms with van der Waals surface area (Å²) >= 11 is 0. The second-order valence-corrected chi connectivity index (χ2v) is 4.95. The van der Waals surface area contributed by atoms with Gasteiger partial charge in [-0.1, -0.05) is 12.1 Å². The minimum Gasteiger partial charge on any atom is -0.428 e. The molecule has 0 saturated carbocycles. The number of carbonyl (C=O) groups is 1. The lowest BCUT2D eigenvalue weighted by atomic mass is 10.0. The van der Waals surface area contributed by atoms with Crippen LogP contribution in [0.3, 0.4) is 0 Å². The maximum atomic E-state index is 12.8. The Morgan fingerprint density at radius 2 is 1.42 bits per heavy atom. The van der Waals surface area contributed by atoms with E-state index in [9.17, 15) is 35.5 Å². The third kappa shape index (κ3) is 5.11. The van der Waals surface area contributed by atoms with Crippen LogP contribution in [0.25, 0.3) is 11.1 Å². The van der Waals surface area contributed by atoms with Crippen LogP contribution < -0.4 is 9.47 Å². The van der Waals surface area contributed by atoms with Crippen LogP contribution >= 0.6 is 0 Å². The Labute approximate surface area is 141 Å². The smallest absolute Gasteiger partial charge is 0.428 e. The van der Waals surface area contributed by atoms with Gasteiger partial charge in [0.2, 0.25) is 0 Å². The lowest BCUT2D eigenvalue weighted by Crippen LogP contribution is -2.33. The van der Waals surface area contributed by atoms with Gasteiger partial charge in [0.05, 0.1) is 0 Å². The van der Waals surface area contributed by atoms with Crippen molar-refractivity contribution in [3.8, 4) is 22.6 Å². The zero-order valence-corrected chi connectivity index (χ0v) is 12.6. The zero-order valence-electron chi connectivity index (χ0n) is 12.6. The molecule has 0 amide bonds. The fourth-order valence-corrected chi connectivity index (χ4v) is 1.97. The van der Waals surface area contributed by atoms with Crippen LogP contribution in [0, 0.1) is 0 Å². The van der Waals surface area contributed by atoms with E-state index in [-0.39, 0.29) is 16.7 Å². The average molecular weight is 382 g/mol. The molecule has 3 nitrogen and oxygen atoms in total. The molecule has 26 heavy (non-hydrogen) atoms. The average Bonchev–Trinajstić information content (AvgIpc) is 2.53. The first-order valence-corrected chi connectivity index (χ1v) is 6.81. The molecule has 0 heterocycles. The van der Waals surface area contributed by atoms with Crippen LogP contribution in [0.5, 0.6) is 11.5 Å². The first-order chi connectivity index (χ1) is 12.0. The maximum absolute atomic E-state index is 12.8. The molecule has 2 rings (SSSR count). The lowest BCUT2D eigenvalue weighted by Gasteiger charge is -2.17. The van der Waals surface area contributed by atoms with E-state index in [0.29, 0.717) is 6.29 Å². The van der Waals surface area contributed by atoms with E-state index in [1.54, 1.807) is 0 Å². The van der Waals surface area contributed by atoms with Crippen molar-refractivity contribution >= 4 is 6.29 Å². The molecule has 0 bridgehead atoms. The SMILES string of the molecule is O=Cc1cc(OC(F)(F)F)cc(-c2ccc(OC(F)(F)C(F)F)cc2)c1. The molecule has 0 spiro atoms. The molecule has 0 aliphatic heterocycles. The summed E-state index contributed by atoms with van der Waals surface area (Å²) in [4.78, 5) is 10.9. The van der Waals surface area contributed by atoms with Crippen molar-refractivity contribution in [2.45, 2.75) is 18.9 Å². The van der Waals surface area contributed by atoms with Gasteiger partial charge in [0, 0.05) is 5.56 Å². The number of hydrogen-bond donors (Lipinski definition) is 0. The number of halogens is 7. The molecule has 0 N–H and O–H groups in total. The van der Waals surface area contributed by atoms with Crippen LogP contribution in [0.15, 0.2) is 42.5 Å². The lowest BCUT2D eigenvalue weighted by molar-refractivity contribution is -0.274. The van der Waals surface area contributed by atoms with Crippen LogP contribution in [-0.4, -0.2) is 25.2 Å². The van der Waals surface area contributed by atoms with Crippen LogP contribution in [-0.2, 0) is 0 Å². The predicted molar refractivity (Wildman–Crippen MR) is 75.5 cm³/mol. The van der Waals surface area contributed by atoms with Crippen molar-refractivity contribution < 1.29 is 45.0 Å². The Morgan fingerprint density at radius 3 is 1.92 bits per heavy atom. The molecule has 0 unspecified atom stereocenters. The highest BCUT2D eigenvalue weighted by molar-refractivity contribution is 5.80. The summed E-state index contributed by atoms with van der Waals surface area (Å²) < 4.78 is 94.5. The van der Waals surface area contributed by atoms with E-state index in [0.717, 1.165) is 36.4 Å². The van der Waals surface area contributed by atoms with Gasteiger partial charge >= 0.3 is 18.9 Å². The van der Waals surface area contributed by atoms with E-state index in [2.05, 4.69) is 9.47 Å². The number of benzene rings is 2. The zero-order chi connectivity index (χ0) is 19.5. The van der Waals surface area contributed by atoms with Crippen molar-refractivity contribution in [2.24, 2.45) is 0 Å². The minimum absolute atomic E-state index is 0.112. The van der Waals surface area contributed by atoms with Gasteiger partial charge in [0.25, 0.3) is 0 Å². The van der Waals surface area contributed by atoms with Crippen LogP contribution in [0.1, 0.15) is 10.4 Å². The van der Waals surface area contributed by atoms with Crippen LogP contribution in [0.4, 0.5) is 30.7 Å². The maximum Gasteiger partial charge on any atom is 0.573 e. The van der Waals surface area contributed by atoms with Crippen molar-refractivity contribution in [1.82, 2.24) is 0 Å². The summed E-state index contributed by atoms with van der Waals surface area (Å²) in [7, 11) is 0. The summed E-state index contributed by atoms with van der Waals surface area (Å²) in [5.74, 6) is -1.22. The van der Waals surface area contributed by atoms with Crippen molar-refractivity contribution in [1.29, 1.82) is 0 Å². The number of ether oxygens (including phenoxy) is 2. The highest BCUT2D eigenvalue weighted by Crippen LogP contribution is 2.32. The number of carbonyl (C=O) groups excluding carboxylic acids is 1. The molecule has 0 radical (unpaired) electrons. The molecule has 0 atom stereocenters. The number of hydrogen-bond acceptors (Lipinski definition) is 3. The van der Waals surface area contributed by atoms with Gasteiger partial charge in [-0.05, 0) is 41.5 Å². The van der Waals surface area contributed by atoms with E-state index >= 15 is 0 Å². The monoisotopic (exact) mass is 382 g/mol. The van der Waals surface area contributed by atoms with Crippen molar-refractivity contribution in [3.05, 3.63) is 48.0 Å². The molecule has 140 valence electrons. The topological polar surface area (TPSA) is 35.5 Å². The van der Waals surface area contributed by atoms with Crippen LogP contribution in [0.2, 0.25) is 0 Å². The fourth-order valence-electron chi connectivity index (χ4n) is 1.97. The first-order valence-electron chi connectivity index (χ1n) is 6.81. The normalized spacial score (nSPS) is 12.2. The van der Waals surface area contributed by atoms with E-state index in [4.69, 9.17) is 0 Å². The third-order valence-corrected chi connectivity index (χ3v) is 2.99. The van der Waals surface area contributed by atoms with Gasteiger partial charge in [0.1, 0.15) is 17.8 Å². The first kappa shape index (κ1) is 19.5. The van der Waals surface area contributed by atoms with Gasteiger partial charge in [-0.15, -0.1) is 13.2 Å². The Balaban J connectivity index is 2.30. The van der Waals surface area contributed by atoms with Gasteiger partial charge in [-0.2, -0.15) is 17.6 Å². The summed E-state index contributed by atoms with van der Waals surface area (Å²) in [5.41, 5.74) is 0.209. The van der Waals surface area contributed by atoms with Crippen molar-refractivity contribution in [3.63, 3.8) is 0 Å². The molecular formula is C16H9F7O3. The Kier molecular flexibility index (Phi) is 5.43. The Morgan fingerprint density at radius 1 is 0.808 bits per heavy atom. The quantitative estimate of drug-likeness (QED) is 0.502. The van der Waals surface area contributed by atoms with Gasteiger partial charge in [-0.3, -0.25) is 4.79 Å². The number of rotatable bonds is 6. The molecular weight excluding hydrogens is 373 g/mol. The number of aldehydes is 1. The summed E-state index contributed by atoms with van der Waals surface area (Å²) in [6.45, 7) is 0. The standard InChI is InChI=1S/C16H9F7O3/c17-14(18)15(19,20)25-12-3-1-10(2-4-12)11-5-9(8-24)6-13(7-11)26-16(21,22)23/h1-8,14H. The molecule has 0 aromatic heterocycles. The molecule has 10 heteroatoms. The molecule has 0 fully saturated rings. The highest BCUT2D eigenvalue weighted by Gasteiger charge is 2.43. The third-order valence-electron chi connectivity index (χ3n) is 2.99. The van der Waals surface area contributed by atoms with Crippen molar-refractivity contribution in [2.75, 3.05) is 0 Å². The molecule has 0 aliphatic rings. The Bertz CT molecular complexity index is 770. The van der Waals surface area contributed by atoms with Gasteiger partial charge in [0.15, 0.2) is 0 Å². The van der Waals surface area contributed by atoms with E-state index in [1.165, 1.54) is 6.07 Å². The molecule has 2 aromatic carbocycles. The number of alkyl halides is 7. The van der Waals surface area contributed by atoms with Gasteiger partial charge < -0.3 is 9.47 Å². The second-order valence-electron chi connectivity index (χ2n) is 4.95. The summed E-state index contributed by atoms with van der Waals surface area (Å²) in [6.07, 6.45) is -13.4. The molecule has 0 saturated heterocycles. The minimum atomic E-state index is -4.97. The highest BCUT2D eigenvalue weighted by atomic mass is 19.4. The predicted octanol–water partition coefficient (Wildman–Crippen LogP) is 5.30. The largest absolute Gasteiger partial charge is 0.573 e. The molecule has 0 aliphatic carbocycles.